The number of carbonyl (C=O) groups is 2. The smallest absolute Gasteiger partial charge is 0.411 e. The van der Waals surface area contributed by atoms with Gasteiger partial charge in [0, 0.05) is 6.54 Å². The van der Waals surface area contributed by atoms with Crippen LogP contribution in [0.5, 0.6) is 5.75 Å². The Hall–Kier alpha value is -1.76. The number of fused-ring (bicyclic) bond motifs is 1. The van der Waals surface area contributed by atoms with Crippen molar-refractivity contribution in [1.82, 2.24) is 4.90 Å². The van der Waals surface area contributed by atoms with E-state index in [1.54, 1.807) is 18.9 Å². The van der Waals surface area contributed by atoms with Gasteiger partial charge in [-0.1, -0.05) is 0 Å². The Labute approximate surface area is 169 Å². The van der Waals surface area contributed by atoms with Crippen LogP contribution in [0.25, 0.3) is 0 Å². The third kappa shape index (κ3) is 4.75. The maximum Gasteiger partial charge on any atom is 0.411 e. The first kappa shape index (κ1) is 21.5. The molecule has 27 heavy (non-hydrogen) atoms. The molecule has 0 spiro atoms. The van der Waals surface area contributed by atoms with Gasteiger partial charge in [0.2, 0.25) is 0 Å². The standard InChI is InChI=1S/C20H28BrNO5/c1-7-26-17(23)12-20(5)14-11-15(21)16(25-6)10-13(14)8-9-22(20)18(24)27-19(2,3)4/h10-11H,7-9,12H2,1-6H3. The summed E-state index contributed by atoms with van der Waals surface area (Å²) in [7, 11) is 1.61. The van der Waals surface area contributed by atoms with E-state index in [0.29, 0.717) is 19.6 Å². The number of ether oxygens (including phenoxy) is 3. The van der Waals surface area contributed by atoms with Gasteiger partial charge in [-0.15, -0.1) is 0 Å². The Bertz CT molecular complexity index is 728. The van der Waals surface area contributed by atoms with Crippen LogP contribution in [0.1, 0.15) is 52.2 Å². The number of hydrogen-bond donors (Lipinski definition) is 0. The second kappa shape index (κ2) is 8.09. The van der Waals surface area contributed by atoms with Crippen LogP contribution in [0.2, 0.25) is 0 Å². The van der Waals surface area contributed by atoms with Gasteiger partial charge in [-0.2, -0.15) is 0 Å². The number of amides is 1. The van der Waals surface area contributed by atoms with Crippen molar-refractivity contribution in [3.63, 3.8) is 0 Å². The largest absolute Gasteiger partial charge is 0.496 e. The fourth-order valence-electron chi connectivity index (χ4n) is 3.38. The molecule has 6 nitrogen and oxygen atoms in total. The van der Waals surface area contributed by atoms with Gasteiger partial charge in [0.05, 0.1) is 30.1 Å². The molecule has 1 unspecified atom stereocenters. The van der Waals surface area contributed by atoms with Crippen LogP contribution >= 0.6 is 15.9 Å². The van der Waals surface area contributed by atoms with Crippen LogP contribution in [0, 0.1) is 0 Å². The molecule has 0 aliphatic carbocycles. The van der Waals surface area contributed by atoms with E-state index < -0.39 is 17.2 Å². The molecule has 0 radical (unpaired) electrons. The van der Waals surface area contributed by atoms with E-state index in [1.807, 2.05) is 39.8 Å². The number of esters is 1. The molecule has 1 aromatic rings. The molecular formula is C20H28BrNO5. The van der Waals surface area contributed by atoms with Crippen molar-refractivity contribution < 1.29 is 23.8 Å². The summed E-state index contributed by atoms with van der Waals surface area (Å²) < 4.78 is 16.9. The second-order valence-corrected chi connectivity index (χ2v) is 8.64. The third-order valence-electron chi connectivity index (χ3n) is 4.57. The number of methoxy groups -OCH3 is 1. The molecule has 0 N–H and O–H groups in total. The molecule has 1 aliphatic heterocycles. The first-order valence-corrected chi connectivity index (χ1v) is 9.84. The summed E-state index contributed by atoms with van der Waals surface area (Å²) in [5.74, 6) is 0.367. The van der Waals surface area contributed by atoms with Gasteiger partial charge in [-0.3, -0.25) is 9.69 Å². The summed E-state index contributed by atoms with van der Waals surface area (Å²) >= 11 is 3.51. The predicted molar refractivity (Wildman–Crippen MR) is 106 cm³/mol. The molecule has 1 amide bonds. The van der Waals surface area contributed by atoms with Gasteiger partial charge < -0.3 is 14.2 Å². The van der Waals surface area contributed by atoms with Crippen molar-refractivity contribution in [1.29, 1.82) is 0 Å². The Morgan fingerprint density at radius 3 is 2.52 bits per heavy atom. The number of rotatable bonds is 4. The van der Waals surface area contributed by atoms with Crippen LogP contribution in [0.3, 0.4) is 0 Å². The summed E-state index contributed by atoms with van der Waals surface area (Å²) in [5, 5.41) is 0. The van der Waals surface area contributed by atoms with Crippen molar-refractivity contribution in [3.05, 3.63) is 27.7 Å². The zero-order valence-corrected chi connectivity index (χ0v) is 18.4. The lowest BCUT2D eigenvalue weighted by molar-refractivity contribution is -0.146. The number of hydrogen-bond acceptors (Lipinski definition) is 5. The highest BCUT2D eigenvalue weighted by atomic mass is 79.9. The Kier molecular flexibility index (Phi) is 6.45. The van der Waals surface area contributed by atoms with Gasteiger partial charge in [-0.05, 0) is 80.2 Å². The average molecular weight is 442 g/mol. The number of carbonyl (C=O) groups excluding carboxylic acids is 2. The molecule has 2 rings (SSSR count). The van der Waals surface area contributed by atoms with Crippen molar-refractivity contribution >= 4 is 28.0 Å². The normalized spacial score (nSPS) is 19.3. The molecule has 1 aromatic carbocycles. The highest BCUT2D eigenvalue weighted by Gasteiger charge is 2.45. The number of nitrogens with zero attached hydrogens (tertiary/aromatic N) is 1. The van der Waals surface area contributed by atoms with E-state index in [2.05, 4.69) is 15.9 Å². The van der Waals surface area contributed by atoms with Crippen molar-refractivity contribution in [3.8, 4) is 5.75 Å². The van der Waals surface area contributed by atoms with Crippen molar-refractivity contribution in [2.24, 2.45) is 0 Å². The monoisotopic (exact) mass is 441 g/mol. The van der Waals surface area contributed by atoms with E-state index in [4.69, 9.17) is 14.2 Å². The Balaban J connectivity index is 2.51. The molecule has 0 fully saturated rings. The maximum absolute atomic E-state index is 12.9. The summed E-state index contributed by atoms with van der Waals surface area (Å²) in [4.78, 5) is 26.9. The molecule has 150 valence electrons. The topological polar surface area (TPSA) is 65.1 Å². The summed E-state index contributed by atoms with van der Waals surface area (Å²) in [6, 6.07) is 3.87. The van der Waals surface area contributed by atoms with Crippen molar-refractivity contribution in [2.75, 3.05) is 20.3 Å². The first-order chi connectivity index (χ1) is 12.5. The fourth-order valence-corrected chi connectivity index (χ4v) is 3.88. The Morgan fingerprint density at radius 2 is 1.96 bits per heavy atom. The number of benzene rings is 1. The van der Waals surface area contributed by atoms with Gasteiger partial charge in [-0.25, -0.2) is 4.79 Å². The lowest BCUT2D eigenvalue weighted by Crippen LogP contribution is -2.54. The molecule has 0 aromatic heterocycles. The minimum atomic E-state index is -0.878. The van der Waals surface area contributed by atoms with Gasteiger partial charge in [0.25, 0.3) is 0 Å². The number of halogens is 1. The second-order valence-electron chi connectivity index (χ2n) is 7.78. The summed E-state index contributed by atoms with van der Waals surface area (Å²) in [6.07, 6.45) is 0.259. The lowest BCUT2D eigenvalue weighted by atomic mass is 9.79. The van der Waals surface area contributed by atoms with Crippen LogP contribution in [0.4, 0.5) is 4.79 Å². The van der Waals surface area contributed by atoms with Gasteiger partial charge in [0.15, 0.2) is 0 Å². The van der Waals surface area contributed by atoms with Crippen LogP contribution in [-0.4, -0.2) is 42.8 Å². The SMILES string of the molecule is CCOC(=O)CC1(C)c2cc(Br)c(OC)cc2CCN1C(=O)OC(C)(C)C. The van der Waals surface area contributed by atoms with Gasteiger partial charge >= 0.3 is 12.1 Å². The van der Waals surface area contributed by atoms with E-state index >= 15 is 0 Å². The zero-order valence-electron chi connectivity index (χ0n) is 16.8. The Morgan fingerprint density at radius 1 is 1.30 bits per heavy atom. The molecule has 7 heteroatoms. The molecule has 1 aliphatic rings. The van der Waals surface area contributed by atoms with Crippen LogP contribution in [-0.2, 0) is 26.2 Å². The minimum absolute atomic E-state index is 0.0475. The van der Waals surface area contributed by atoms with Crippen LogP contribution < -0.4 is 4.74 Å². The predicted octanol–water partition coefficient (Wildman–Crippen LogP) is 4.42. The average Bonchev–Trinajstić information content (AvgIpc) is 2.53. The lowest BCUT2D eigenvalue weighted by Gasteiger charge is -2.45. The molecule has 0 saturated carbocycles. The fraction of sp³-hybridized carbons (Fsp3) is 0.600. The minimum Gasteiger partial charge on any atom is -0.496 e. The molecule has 0 bridgehead atoms. The van der Waals surface area contributed by atoms with E-state index in [9.17, 15) is 9.59 Å². The highest BCUT2D eigenvalue weighted by molar-refractivity contribution is 9.10. The molecular weight excluding hydrogens is 414 g/mol. The summed E-state index contributed by atoms with van der Waals surface area (Å²) in [6.45, 7) is 9.86. The quantitative estimate of drug-likeness (QED) is 0.646. The summed E-state index contributed by atoms with van der Waals surface area (Å²) in [5.41, 5.74) is 0.432. The third-order valence-corrected chi connectivity index (χ3v) is 5.19. The molecule has 0 saturated heterocycles. The van der Waals surface area contributed by atoms with E-state index in [0.717, 1.165) is 21.3 Å². The first-order valence-electron chi connectivity index (χ1n) is 9.05. The van der Waals surface area contributed by atoms with E-state index in [-0.39, 0.29) is 12.4 Å². The molecule has 1 heterocycles. The van der Waals surface area contributed by atoms with Crippen LogP contribution in [0.15, 0.2) is 16.6 Å². The zero-order chi connectivity index (χ0) is 20.4. The van der Waals surface area contributed by atoms with E-state index in [1.165, 1.54) is 0 Å². The van der Waals surface area contributed by atoms with Crippen molar-refractivity contribution in [2.45, 2.75) is 58.6 Å². The highest BCUT2D eigenvalue weighted by Crippen LogP contribution is 2.43. The molecule has 1 atom stereocenters. The maximum atomic E-state index is 12.9. The van der Waals surface area contributed by atoms with Gasteiger partial charge in [0.1, 0.15) is 11.4 Å².